The van der Waals surface area contributed by atoms with Gasteiger partial charge in [-0.15, -0.1) is 11.3 Å². The number of aryl methyl sites for hydroxylation is 6. The molecule has 64 heavy (non-hydrogen) atoms. The number of ether oxygens (including phenoxy) is 1. The first-order valence-electron chi connectivity index (χ1n) is 22.4. The maximum Gasteiger partial charge on any atom is 0.243 e. The summed E-state index contributed by atoms with van der Waals surface area (Å²) in [6.07, 6.45) is 0. The summed E-state index contributed by atoms with van der Waals surface area (Å²) in [5, 5.41) is 10.00. The van der Waals surface area contributed by atoms with Gasteiger partial charge in [0.1, 0.15) is 11.5 Å². The van der Waals surface area contributed by atoms with Crippen molar-refractivity contribution in [2.45, 2.75) is 41.5 Å². The van der Waals surface area contributed by atoms with E-state index < -0.39 is 0 Å². The van der Waals surface area contributed by atoms with Gasteiger partial charge in [-0.25, -0.2) is 0 Å². The molecule has 0 bridgehead atoms. The van der Waals surface area contributed by atoms with E-state index in [-0.39, 0.29) is 6.71 Å². The Morgan fingerprint density at radius 1 is 0.422 bits per heavy atom. The van der Waals surface area contributed by atoms with Crippen LogP contribution >= 0.6 is 11.3 Å². The Bertz CT molecular complexity index is 3630. The van der Waals surface area contributed by atoms with Crippen LogP contribution in [0, 0.1) is 41.5 Å². The molecular weight excluding hydrogens is 794 g/mol. The largest absolute Gasteiger partial charge is 0.456 e. The van der Waals surface area contributed by atoms with Crippen LogP contribution in [0.25, 0.3) is 63.6 Å². The molecule has 0 amide bonds. The predicted octanol–water partition coefficient (Wildman–Crippen LogP) is 15.1. The summed E-state index contributed by atoms with van der Waals surface area (Å²) in [7, 11) is 0. The third kappa shape index (κ3) is 5.93. The number of fused-ring (bicyclic) bond motifs is 9. The topological polar surface area (TPSA) is 12.5 Å². The molecule has 1 aliphatic heterocycles. The highest BCUT2D eigenvalue weighted by Gasteiger charge is 2.32. The normalized spacial score (nSPS) is 12.0. The number of hydrogen-bond donors (Lipinski definition) is 0. The van der Waals surface area contributed by atoms with Gasteiger partial charge in [0.05, 0.1) is 10.4 Å². The van der Waals surface area contributed by atoms with Crippen LogP contribution in [0.1, 0.15) is 33.4 Å². The fourth-order valence-corrected chi connectivity index (χ4v) is 12.5. The molecule has 0 atom stereocenters. The van der Waals surface area contributed by atoms with Crippen molar-refractivity contribution in [1.82, 2.24) is 0 Å². The molecule has 0 spiro atoms. The zero-order valence-corrected chi connectivity index (χ0v) is 37.8. The molecule has 11 aromatic rings. The van der Waals surface area contributed by atoms with Crippen molar-refractivity contribution in [2.75, 3.05) is 4.90 Å². The Morgan fingerprint density at radius 3 is 1.73 bits per heavy atom. The number of rotatable bonds is 6. The number of hydrogen-bond acceptors (Lipinski definition) is 3. The summed E-state index contributed by atoms with van der Waals surface area (Å²) in [4.78, 5) is 2.39. The number of anilines is 3. The van der Waals surface area contributed by atoms with E-state index in [0.29, 0.717) is 0 Å². The van der Waals surface area contributed by atoms with Gasteiger partial charge in [-0.2, -0.15) is 0 Å². The minimum atomic E-state index is 0.0442. The zero-order chi connectivity index (χ0) is 43.4. The molecule has 4 heteroatoms. The molecule has 1 aromatic heterocycles. The lowest BCUT2D eigenvalue weighted by molar-refractivity contribution is 0.487. The second kappa shape index (κ2) is 14.7. The maximum atomic E-state index is 7.06. The number of thiophene rings is 1. The van der Waals surface area contributed by atoms with E-state index in [4.69, 9.17) is 4.74 Å². The molecule has 0 saturated heterocycles. The highest BCUT2D eigenvalue weighted by atomic mass is 32.1. The Kier molecular flexibility index (Phi) is 8.87. The van der Waals surface area contributed by atoms with Crippen LogP contribution in [-0.2, 0) is 0 Å². The van der Waals surface area contributed by atoms with Gasteiger partial charge in [-0.1, -0.05) is 165 Å². The van der Waals surface area contributed by atoms with E-state index in [1.54, 1.807) is 0 Å². The van der Waals surface area contributed by atoms with Crippen molar-refractivity contribution >= 4 is 104 Å². The molecule has 0 radical (unpaired) electrons. The fraction of sp³-hybridized carbons (Fsp3) is 0.100. The minimum Gasteiger partial charge on any atom is -0.456 e. The minimum absolute atomic E-state index is 0.0442. The molecule has 0 aliphatic carbocycles. The summed E-state index contributed by atoms with van der Waals surface area (Å²) < 4.78 is 9.62. The van der Waals surface area contributed by atoms with Crippen LogP contribution in [-0.4, -0.2) is 6.71 Å². The standard InChI is InChI=1S/C60H46BNOS/c1-35-28-37(3)58(38(4)29-35)61(59-39(5)30-36(2)31-40(59)6)52-34-50-47-21-15-24-54-57(47)51(33-49(50)43-18-10-11-19-44(43)52)45-27-26-42(32-55(45)63-54)62(41-16-8-7-9-17-41)53-23-14-22-48-46-20-12-13-25-56(46)64-60(48)53/h7-34H,1-6H3. The summed E-state index contributed by atoms with van der Waals surface area (Å²) in [5.41, 5.74) is 17.7. The van der Waals surface area contributed by atoms with Crippen molar-refractivity contribution in [2.24, 2.45) is 0 Å². The first-order chi connectivity index (χ1) is 31.2. The average Bonchev–Trinajstić information content (AvgIpc) is 3.68. The van der Waals surface area contributed by atoms with Crippen LogP contribution < -0.4 is 26.0 Å². The Morgan fingerprint density at radius 2 is 1.02 bits per heavy atom. The van der Waals surface area contributed by atoms with Gasteiger partial charge in [0, 0.05) is 43.9 Å². The highest BCUT2D eigenvalue weighted by Crippen LogP contribution is 2.52. The second-order valence-electron chi connectivity index (χ2n) is 18.0. The van der Waals surface area contributed by atoms with Crippen molar-refractivity contribution < 1.29 is 4.74 Å². The number of nitrogens with zero attached hydrogens (tertiary/aromatic N) is 1. The van der Waals surface area contributed by atoms with Crippen molar-refractivity contribution in [3.8, 4) is 22.6 Å². The van der Waals surface area contributed by atoms with Gasteiger partial charge in [0.15, 0.2) is 0 Å². The highest BCUT2D eigenvalue weighted by molar-refractivity contribution is 7.26. The van der Waals surface area contributed by atoms with E-state index >= 15 is 0 Å². The molecule has 0 fully saturated rings. The monoisotopic (exact) mass is 839 g/mol. The molecule has 2 nitrogen and oxygen atoms in total. The maximum absolute atomic E-state index is 7.06. The van der Waals surface area contributed by atoms with E-state index in [9.17, 15) is 0 Å². The third-order valence-corrected chi connectivity index (χ3v) is 14.9. The molecule has 10 aromatic carbocycles. The van der Waals surface area contributed by atoms with Gasteiger partial charge in [-0.3, -0.25) is 0 Å². The number of benzene rings is 10. The molecule has 306 valence electrons. The quantitative estimate of drug-likeness (QED) is 0.122. The summed E-state index contributed by atoms with van der Waals surface area (Å²) >= 11 is 1.85. The van der Waals surface area contributed by atoms with Gasteiger partial charge in [0.25, 0.3) is 0 Å². The lowest BCUT2D eigenvalue weighted by Gasteiger charge is -2.29. The lowest BCUT2D eigenvalue weighted by atomic mass is 9.33. The Balaban J connectivity index is 1.09. The molecule has 0 N–H and O–H groups in total. The smallest absolute Gasteiger partial charge is 0.243 e. The van der Waals surface area contributed by atoms with E-state index in [2.05, 4.69) is 216 Å². The van der Waals surface area contributed by atoms with Gasteiger partial charge in [-0.05, 0) is 123 Å². The molecule has 1 aliphatic rings. The summed E-state index contributed by atoms with van der Waals surface area (Å²) in [5.74, 6) is 1.75. The summed E-state index contributed by atoms with van der Waals surface area (Å²) in [6, 6.07) is 63.1. The molecule has 12 rings (SSSR count). The lowest BCUT2D eigenvalue weighted by Crippen LogP contribution is -2.56. The van der Waals surface area contributed by atoms with Crippen LogP contribution in [0.5, 0.6) is 11.5 Å². The van der Waals surface area contributed by atoms with Crippen LogP contribution in [0.4, 0.5) is 17.1 Å². The zero-order valence-electron chi connectivity index (χ0n) is 37.0. The van der Waals surface area contributed by atoms with E-state index in [1.165, 1.54) is 102 Å². The average molecular weight is 840 g/mol. The first kappa shape index (κ1) is 38.5. The molecule has 2 heterocycles. The van der Waals surface area contributed by atoms with Gasteiger partial charge >= 0.3 is 0 Å². The van der Waals surface area contributed by atoms with Crippen LogP contribution in [0.15, 0.2) is 170 Å². The van der Waals surface area contributed by atoms with Gasteiger partial charge in [0.2, 0.25) is 6.71 Å². The van der Waals surface area contributed by atoms with Crippen molar-refractivity contribution in [3.63, 3.8) is 0 Å². The van der Waals surface area contributed by atoms with Crippen LogP contribution in [0.3, 0.4) is 0 Å². The first-order valence-corrected chi connectivity index (χ1v) is 23.2. The number of para-hydroxylation sites is 1. The van der Waals surface area contributed by atoms with Crippen molar-refractivity contribution in [3.05, 3.63) is 203 Å². The van der Waals surface area contributed by atoms with Gasteiger partial charge < -0.3 is 9.64 Å². The molecule has 0 saturated carbocycles. The van der Waals surface area contributed by atoms with E-state index in [0.717, 1.165) is 39.5 Å². The Hall–Kier alpha value is -7.14. The Labute approximate surface area is 379 Å². The molecule has 0 unspecified atom stereocenters. The predicted molar refractivity (Wildman–Crippen MR) is 278 cm³/mol. The fourth-order valence-electron chi connectivity index (χ4n) is 11.3. The SMILES string of the molecule is Cc1cc(C)c(B(c2c(C)cc(C)cc2C)c2cc3c4cccc5c4c(cc3c3ccccc23)-c2ccc(N(c3ccccc3)c3cccc4c3sc3ccccc34)cc2O5)c(C)c1. The van der Waals surface area contributed by atoms with E-state index in [1.807, 2.05) is 11.3 Å². The third-order valence-electron chi connectivity index (χ3n) is 13.7. The van der Waals surface area contributed by atoms with Crippen LogP contribution in [0.2, 0.25) is 0 Å². The van der Waals surface area contributed by atoms with Crippen molar-refractivity contribution in [1.29, 1.82) is 0 Å². The second-order valence-corrected chi connectivity index (χ2v) is 19.0. The summed E-state index contributed by atoms with van der Waals surface area (Å²) in [6.45, 7) is 13.7. The molecular formula is C60H46BNOS.